The van der Waals surface area contributed by atoms with E-state index in [9.17, 15) is 16.8 Å². The summed E-state index contributed by atoms with van der Waals surface area (Å²) >= 11 is 0. The van der Waals surface area contributed by atoms with Crippen LogP contribution in [0.4, 0.5) is 11.4 Å². The summed E-state index contributed by atoms with van der Waals surface area (Å²) < 4.78 is 50.4. The van der Waals surface area contributed by atoms with Gasteiger partial charge in [0.15, 0.2) is 0 Å². The van der Waals surface area contributed by atoms with Crippen molar-refractivity contribution < 1.29 is 16.8 Å². The molecule has 108 valence electrons. The lowest BCUT2D eigenvalue weighted by molar-refractivity contribution is 0.527. The number of anilines is 2. The van der Waals surface area contributed by atoms with Crippen molar-refractivity contribution >= 4 is 31.6 Å². The van der Waals surface area contributed by atoms with Gasteiger partial charge in [0, 0.05) is 26.8 Å². The van der Waals surface area contributed by atoms with Gasteiger partial charge in [-0.15, -0.1) is 0 Å². The Morgan fingerprint density at radius 2 is 1.42 bits per heavy atom. The van der Waals surface area contributed by atoms with Crippen molar-refractivity contribution in [2.24, 2.45) is 0 Å². The van der Waals surface area contributed by atoms with Gasteiger partial charge < -0.3 is 0 Å². The van der Waals surface area contributed by atoms with Gasteiger partial charge in [-0.05, 0) is 24.3 Å². The summed E-state index contributed by atoms with van der Waals surface area (Å²) in [5, 5.41) is 0. The molecule has 0 aliphatic heterocycles. The second-order valence-electron chi connectivity index (χ2n) is 4.17. The monoisotopic (exact) mass is 307 g/mol. The highest BCUT2D eigenvalue weighted by atomic mass is 32.2. The summed E-state index contributed by atoms with van der Waals surface area (Å²) in [5.41, 5.74) is 0.814. The summed E-state index contributed by atoms with van der Waals surface area (Å²) in [6, 6.07) is 6.04. The lowest BCUT2D eigenvalue weighted by Crippen LogP contribution is -2.29. The minimum Gasteiger partial charge on any atom is -0.274 e. The number of sulfonamides is 1. The molecule has 0 saturated carbocycles. The third-order valence-corrected chi connectivity index (χ3v) is 5.12. The number of nitrogens with zero attached hydrogens (tertiary/aromatic N) is 2. The predicted molar refractivity (Wildman–Crippen MR) is 75.9 cm³/mol. The summed E-state index contributed by atoms with van der Waals surface area (Å²) in [7, 11) is -2.65. The van der Waals surface area contributed by atoms with Crippen LogP contribution >= 0.6 is 0 Å². The Hall–Kier alpha value is -1.32. The second kappa shape index (κ2) is 5.35. The average molecular weight is 307 g/mol. The fourth-order valence-corrected chi connectivity index (χ4v) is 2.29. The molecule has 0 unspecified atom stereocenters. The predicted octanol–water partition coefficient (Wildman–Crippen LogP) is 0.301. The molecule has 19 heavy (non-hydrogen) atoms. The molecular formula is C10H17N3O4S2. The van der Waals surface area contributed by atoms with Crippen molar-refractivity contribution in [3.05, 3.63) is 24.3 Å². The average Bonchev–Trinajstić information content (AvgIpc) is 2.27. The van der Waals surface area contributed by atoms with Crippen LogP contribution in [0.1, 0.15) is 0 Å². The molecule has 0 radical (unpaired) electrons. The van der Waals surface area contributed by atoms with Crippen LogP contribution in [0, 0.1) is 0 Å². The number of rotatable bonds is 5. The van der Waals surface area contributed by atoms with Crippen LogP contribution < -0.4 is 9.03 Å². The van der Waals surface area contributed by atoms with Gasteiger partial charge in [-0.1, -0.05) is 0 Å². The Morgan fingerprint density at radius 3 is 1.79 bits per heavy atom. The molecule has 0 heterocycles. The van der Waals surface area contributed by atoms with Gasteiger partial charge in [0.1, 0.15) is 0 Å². The van der Waals surface area contributed by atoms with E-state index in [1.54, 1.807) is 0 Å². The first-order valence-corrected chi connectivity index (χ1v) is 8.57. The summed E-state index contributed by atoms with van der Waals surface area (Å²) in [5.74, 6) is 0. The molecule has 0 aromatic heterocycles. The van der Waals surface area contributed by atoms with E-state index >= 15 is 0 Å². The first kappa shape index (κ1) is 15.7. The zero-order chi connectivity index (χ0) is 14.8. The molecule has 0 fully saturated rings. The van der Waals surface area contributed by atoms with E-state index in [1.165, 1.54) is 45.4 Å². The Morgan fingerprint density at radius 1 is 0.947 bits per heavy atom. The fraction of sp³-hybridized carbons (Fsp3) is 0.400. The van der Waals surface area contributed by atoms with Crippen LogP contribution in [0.5, 0.6) is 0 Å². The molecule has 1 aromatic carbocycles. The molecule has 7 nitrogen and oxygen atoms in total. The number of nitrogens with one attached hydrogen (secondary N) is 1. The van der Waals surface area contributed by atoms with Crippen LogP contribution in [-0.2, 0) is 20.2 Å². The first-order chi connectivity index (χ1) is 8.54. The highest BCUT2D eigenvalue weighted by Gasteiger charge is 2.14. The fourth-order valence-electron chi connectivity index (χ4n) is 1.17. The molecule has 1 aromatic rings. The van der Waals surface area contributed by atoms with Crippen molar-refractivity contribution in [2.75, 3.05) is 36.4 Å². The third-order valence-electron chi connectivity index (χ3n) is 2.46. The molecule has 0 amide bonds. The van der Waals surface area contributed by atoms with E-state index in [0.29, 0.717) is 11.4 Å². The molecule has 1 rings (SSSR count). The molecule has 0 spiro atoms. The zero-order valence-corrected chi connectivity index (χ0v) is 12.8. The topological polar surface area (TPSA) is 86.8 Å². The highest BCUT2D eigenvalue weighted by molar-refractivity contribution is 7.92. The van der Waals surface area contributed by atoms with Crippen LogP contribution in [-0.4, -0.2) is 48.5 Å². The van der Waals surface area contributed by atoms with Crippen LogP contribution in [0.2, 0.25) is 0 Å². The van der Waals surface area contributed by atoms with Gasteiger partial charge in [0.2, 0.25) is 10.0 Å². The standard InChI is InChI=1S/C10H17N3O4S2/c1-12(2)19(16,17)11-9-5-7-10(8-6-9)13(3)18(4,14)15/h5-8,11H,1-4H3. The first-order valence-electron chi connectivity index (χ1n) is 5.28. The van der Waals surface area contributed by atoms with Gasteiger partial charge >= 0.3 is 10.2 Å². The summed E-state index contributed by atoms with van der Waals surface area (Å²) in [6.07, 6.45) is 1.09. The number of hydrogen-bond acceptors (Lipinski definition) is 4. The molecular weight excluding hydrogens is 290 g/mol. The maximum absolute atomic E-state index is 11.6. The van der Waals surface area contributed by atoms with Crippen LogP contribution in [0.25, 0.3) is 0 Å². The van der Waals surface area contributed by atoms with Gasteiger partial charge in [-0.2, -0.15) is 12.7 Å². The lowest BCUT2D eigenvalue weighted by atomic mass is 10.3. The Kier molecular flexibility index (Phi) is 4.43. The van der Waals surface area contributed by atoms with Crippen LogP contribution in [0.3, 0.4) is 0 Å². The minimum atomic E-state index is -3.56. The smallest absolute Gasteiger partial charge is 0.274 e. The molecule has 9 heteroatoms. The van der Waals surface area contributed by atoms with Crippen molar-refractivity contribution in [1.82, 2.24) is 4.31 Å². The number of benzene rings is 1. The van der Waals surface area contributed by atoms with Crippen LogP contribution in [0.15, 0.2) is 24.3 Å². The van der Waals surface area contributed by atoms with Gasteiger partial charge in [-0.3, -0.25) is 9.03 Å². The molecule has 0 aliphatic rings. The van der Waals surface area contributed by atoms with E-state index in [2.05, 4.69) is 4.72 Å². The van der Waals surface area contributed by atoms with Crippen molar-refractivity contribution in [2.45, 2.75) is 0 Å². The quantitative estimate of drug-likeness (QED) is 0.847. The highest BCUT2D eigenvalue weighted by Crippen LogP contribution is 2.19. The molecule has 0 aliphatic carbocycles. The van der Waals surface area contributed by atoms with E-state index in [1.807, 2.05) is 0 Å². The maximum Gasteiger partial charge on any atom is 0.301 e. The largest absolute Gasteiger partial charge is 0.301 e. The number of hydrogen-bond donors (Lipinski definition) is 1. The van der Waals surface area contributed by atoms with Crippen molar-refractivity contribution in [3.8, 4) is 0 Å². The Bertz CT molecular complexity index is 636. The minimum absolute atomic E-state index is 0.361. The van der Waals surface area contributed by atoms with Gasteiger partial charge in [0.25, 0.3) is 0 Å². The van der Waals surface area contributed by atoms with E-state index < -0.39 is 20.2 Å². The van der Waals surface area contributed by atoms with E-state index in [4.69, 9.17) is 0 Å². The summed E-state index contributed by atoms with van der Waals surface area (Å²) in [4.78, 5) is 0. The third kappa shape index (κ3) is 4.08. The van der Waals surface area contributed by atoms with Crippen molar-refractivity contribution in [3.63, 3.8) is 0 Å². The normalized spacial score (nSPS) is 12.5. The zero-order valence-electron chi connectivity index (χ0n) is 11.2. The molecule has 0 bridgehead atoms. The Balaban J connectivity index is 2.96. The maximum atomic E-state index is 11.6. The molecule has 0 atom stereocenters. The Labute approximate surface area is 114 Å². The molecule has 0 saturated heterocycles. The van der Waals surface area contributed by atoms with Gasteiger partial charge in [0.05, 0.1) is 11.9 Å². The SMILES string of the molecule is CN(c1ccc(NS(=O)(=O)N(C)C)cc1)S(C)(=O)=O. The van der Waals surface area contributed by atoms with Crippen molar-refractivity contribution in [1.29, 1.82) is 0 Å². The summed E-state index contributed by atoms with van der Waals surface area (Å²) in [6.45, 7) is 0. The lowest BCUT2D eigenvalue weighted by Gasteiger charge is -2.17. The van der Waals surface area contributed by atoms with E-state index in [-0.39, 0.29) is 0 Å². The second-order valence-corrected chi connectivity index (χ2v) is 8.07. The molecule has 1 N–H and O–H groups in total. The van der Waals surface area contributed by atoms with Gasteiger partial charge in [-0.25, -0.2) is 8.42 Å². The van der Waals surface area contributed by atoms with E-state index in [0.717, 1.165) is 14.9 Å².